The minimum Gasteiger partial charge on any atom is -0.455 e. The van der Waals surface area contributed by atoms with E-state index in [-0.39, 0.29) is 20.1 Å². The van der Waals surface area contributed by atoms with Gasteiger partial charge < -0.3 is 19.7 Å². The Balaban J connectivity index is 0.000000280. The number of rotatable bonds is 3. The van der Waals surface area contributed by atoms with Gasteiger partial charge in [-0.05, 0) is 126 Å². The normalized spacial score (nSPS) is 11.3. The van der Waals surface area contributed by atoms with E-state index in [1.165, 1.54) is 44.5 Å². The molecule has 0 fully saturated rings. The second-order valence-electron chi connectivity index (χ2n) is 13.9. The molecule has 9 aromatic rings. The van der Waals surface area contributed by atoms with Crippen LogP contribution in [-0.2, 0) is 20.1 Å². The van der Waals surface area contributed by atoms with Crippen molar-refractivity contribution < 1.29 is 24.5 Å². The maximum absolute atomic E-state index is 6.62. The minimum absolute atomic E-state index is 0. The average Bonchev–Trinajstić information content (AvgIpc) is 3.58. The van der Waals surface area contributed by atoms with E-state index in [9.17, 15) is 0 Å². The van der Waals surface area contributed by atoms with Crippen LogP contribution >= 0.6 is 0 Å². The zero-order valence-electron chi connectivity index (χ0n) is 31.0. The van der Waals surface area contributed by atoms with Crippen molar-refractivity contribution in [2.75, 3.05) is 5.32 Å². The fraction of sp³-hybridized carbons (Fsp3) is 0.0800. The molecule has 1 aliphatic rings. The maximum Gasteiger partial charge on any atom is 0.145 e. The molecule has 0 unspecified atom stereocenters. The van der Waals surface area contributed by atoms with Gasteiger partial charge in [0.2, 0.25) is 0 Å². The van der Waals surface area contributed by atoms with Crippen LogP contribution in [0.2, 0.25) is 0 Å². The third-order valence-electron chi connectivity index (χ3n) is 10.3. The standard InChI is InChI=1S/C39H29N2O.C11H8N.Ir/c1-22-17-23(2)37(24(3)18-22)27-20-30-25(4)31(21-27)38-35(15-13-29-28-9-5-6-11-36(28)42-39(29)38)41-34-14-12-26(19-32(30)34)33-10-7-8-16-40-33;1-2-6-10(7-3-1)11-8-4-5-9-12-11;/h5-11,13-21,41H,1-4H3;1-6,8-9H;/q2*-1;. The summed E-state index contributed by atoms with van der Waals surface area (Å²) in [6.07, 6.45) is 3.62. The molecule has 269 valence electrons. The molecule has 5 heteroatoms. The summed E-state index contributed by atoms with van der Waals surface area (Å²) in [5.41, 5.74) is 19.9. The van der Waals surface area contributed by atoms with Crippen LogP contribution in [0.1, 0.15) is 22.3 Å². The molecule has 2 bridgehead atoms. The van der Waals surface area contributed by atoms with E-state index in [0.29, 0.717) is 0 Å². The van der Waals surface area contributed by atoms with Crippen molar-refractivity contribution in [3.05, 3.63) is 180 Å². The largest absolute Gasteiger partial charge is 0.455 e. The van der Waals surface area contributed by atoms with Gasteiger partial charge in [0, 0.05) is 54.5 Å². The Labute approximate surface area is 335 Å². The summed E-state index contributed by atoms with van der Waals surface area (Å²) in [5.74, 6) is 0. The molecule has 0 saturated carbocycles. The van der Waals surface area contributed by atoms with Crippen molar-refractivity contribution in [2.45, 2.75) is 27.7 Å². The van der Waals surface area contributed by atoms with Gasteiger partial charge >= 0.3 is 0 Å². The van der Waals surface area contributed by atoms with Crippen molar-refractivity contribution in [3.63, 3.8) is 0 Å². The summed E-state index contributed by atoms with van der Waals surface area (Å²) >= 11 is 0. The summed E-state index contributed by atoms with van der Waals surface area (Å²) in [6.45, 7) is 8.84. The van der Waals surface area contributed by atoms with Gasteiger partial charge in [-0.15, -0.1) is 59.7 Å². The van der Waals surface area contributed by atoms with E-state index >= 15 is 0 Å². The third-order valence-corrected chi connectivity index (χ3v) is 10.3. The Morgan fingerprint density at radius 1 is 0.564 bits per heavy atom. The van der Waals surface area contributed by atoms with Crippen molar-refractivity contribution in [2.24, 2.45) is 0 Å². The Bertz CT molecular complexity index is 2770. The van der Waals surface area contributed by atoms with Crippen LogP contribution < -0.4 is 5.32 Å². The second kappa shape index (κ2) is 14.9. The van der Waals surface area contributed by atoms with Crippen LogP contribution in [0.25, 0.3) is 77.8 Å². The van der Waals surface area contributed by atoms with Crippen LogP contribution in [0.5, 0.6) is 0 Å². The molecule has 0 aliphatic carbocycles. The monoisotopic (exact) mass is 888 g/mol. The minimum atomic E-state index is 0. The molecule has 4 nitrogen and oxygen atoms in total. The average molecular weight is 888 g/mol. The van der Waals surface area contributed by atoms with Crippen molar-refractivity contribution >= 4 is 33.3 Å². The molecule has 3 aromatic heterocycles. The first kappa shape index (κ1) is 35.9. The number of nitrogens with one attached hydrogen (secondary N) is 1. The topological polar surface area (TPSA) is 51.0 Å². The van der Waals surface area contributed by atoms with E-state index < -0.39 is 0 Å². The van der Waals surface area contributed by atoms with Gasteiger partial charge in [0.05, 0.1) is 0 Å². The van der Waals surface area contributed by atoms with Crippen molar-refractivity contribution in [1.29, 1.82) is 0 Å². The molecule has 0 amide bonds. The van der Waals surface area contributed by atoms with Gasteiger partial charge in [-0.1, -0.05) is 65.7 Å². The summed E-state index contributed by atoms with van der Waals surface area (Å²) in [7, 11) is 0. The number of aromatic nitrogens is 2. The third kappa shape index (κ3) is 6.67. The SMILES string of the molecule is Cc1cc(C)c(-c2cc3c(C)c(c2)-c2c(ccc4c2oc2ccccc24)Nc2c[c-]c(-c4ccccn4)cc2-3)c(C)c1.[Ir].[c-]1ccccc1-c1ccccn1. The molecule has 6 aromatic carbocycles. The number of hydrogen-bond acceptors (Lipinski definition) is 4. The zero-order chi connectivity index (χ0) is 36.8. The Kier molecular flexibility index (Phi) is 9.75. The number of hydrogen-bond donors (Lipinski definition) is 1. The molecule has 4 heterocycles. The van der Waals surface area contributed by atoms with E-state index in [1.54, 1.807) is 6.20 Å². The van der Waals surface area contributed by atoms with Crippen molar-refractivity contribution in [3.8, 4) is 55.9 Å². The van der Waals surface area contributed by atoms with Crippen LogP contribution in [0.4, 0.5) is 11.4 Å². The fourth-order valence-corrected chi connectivity index (χ4v) is 7.90. The number of nitrogens with zero attached hydrogens (tertiary/aromatic N) is 2. The van der Waals surface area contributed by atoms with Crippen LogP contribution in [-0.4, -0.2) is 9.97 Å². The van der Waals surface area contributed by atoms with Crippen LogP contribution in [0, 0.1) is 39.8 Å². The number of anilines is 2. The molecule has 0 spiro atoms. The number of aryl methyl sites for hydroxylation is 3. The molecule has 0 saturated heterocycles. The molecule has 10 rings (SSSR count). The summed E-state index contributed by atoms with van der Waals surface area (Å²) < 4.78 is 6.62. The first-order chi connectivity index (χ1) is 26.4. The first-order valence-corrected chi connectivity index (χ1v) is 18.2. The molecule has 1 aliphatic heterocycles. The van der Waals surface area contributed by atoms with Gasteiger partial charge in [0.15, 0.2) is 0 Å². The molecule has 55 heavy (non-hydrogen) atoms. The van der Waals surface area contributed by atoms with Gasteiger partial charge in [-0.3, -0.25) is 0 Å². The molecule has 1 N–H and O–H groups in total. The van der Waals surface area contributed by atoms with Gasteiger partial charge in [-0.2, -0.15) is 0 Å². The summed E-state index contributed by atoms with van der Waals surface area (Å²) in [4.78, 5) is 8.83. The molecule has 1 radical (unpaired) electrons. The van der Waals surface area contributed by atoms with Crippen LogP contribution in [0.3, 0.4) is 0 Å². The van der Waals surface area contributed by atoms with Gasteiger partial charge in [-0.25, -0.2) is 0 Å². The van der Waals surface area contributed by atoms with Gasteiger partial charge in [0.25, 0.3) is 0 Å². The number of furan rings is 1. The number of pyridine rings is 2. The van der Waals surface area contributed by atoms with E-state index in [4.69, 9.17) is 4.42 Å². The van der Waals surface area contributed by atoms with E-state index in [0.717, 1.165) is 67.0 Å². The predicted molar refractivity (Wildman–Crippen MR) is 223 cm³/mol. The summed E-state index contributed by atoms with van der Waals surface area (Å²) in [6, 6.07) is 52.5. The quantitative estimate of drug-likeness (QED) is 0.180. The number of para-hydroxylation sites is 1. The number of benzene rings is 6. The Morgan fingerprint density at radius 2 is 1.25 bits per heavy atom. The molecular weight excluding hydrogens is 851 g/mol. The van der Waals surface area contributed by atoms with Crippen molar-refractivity contribution in [1.82, 2.24) is 9.97 Å². The first-order valence-electron chi connectivity index (χ1n) is 18.2. The maximum atomic E-state index is 6.62. The smallest absolute Gasteiger partial charge is 0.145 e. The predicted octanol–water partition coefficient (Wildman–Crippen LogP) is 13.3. The molecule has 0 atom stereocenters. The number of fused-ring (bicyclic) bond motifs is 10. The fourth-order valence-electron chi connectivity index (χ4n) is 7.90. The Hall–Kier alpha value is -6.13. The molecular formula is C50H37IrN3O-2. The van der Waals surface area contributed by atoms with E-state index in [1.807, 2.05) is 72.9 Å². The van der Waals surface area contributed by atoms with Crippen LogP contribution in [0.15, 0.2) is 150 Å². The zero-order valence-corrected chi connectivity index (χ0v) is 33.4. The second-order valence-corrected chi connectivity index (χ2v) is 13.9. The Morgan fingerprint density at radius 3 is 1.96 bits per heavy atom. The van der Waals surface area contributed by atoms with E-state index in [2.05, 4.69) is 122 Å². The summed E-state index contributed by atoms with van der Waals surface area (Å²) in [5, 5.41) is 6.03. The van der Waals surface area contributed by atoms with Gasteiger partial charge in [0.1, 0.15) is 11.2 Å².